The third kappa shape index (κ3) is 2.76. The van der Waals surface area contributed by atoms with E-state index in [0.29, 0.717) is 10.8 Å². The number of rotatable bonds is 3. The first-order chi connectivity index (χ1) is 9.95. The standard InChI is InChI=1S/C14H15N3O4/c1-16(2)11(18)8-17-13(19)10-7-5-4-6-9(10)12(15-17)14(20)21-3/h4-7H,8H2,1-3H3. The second kappa shape index (κ2) is 5.74. The van der Waals surface area contributed by atoms with Crippen molar-refractivity contribution in [2.75, 3.05) is 21.2 Å². The molecular weight excluding hydrogens is 274 g/mol. The zero-order chi connectivity index (χ0) is 15.6. The molecule has 0 fully saturated rings. The largest absolute Gasteiger partial charge is 0.464 e. The van der Waals surface area contributed by atoms with Gasteiger partial charge < -0.3 is 9.64 Å². The quantitative estimate of drug-likeness (QED) is 0.758. The molecule has 7 nitrogen and oxygen atoms in total. The van der Waals surface area contributed by atoms with Gasteiger partial charge in [-0.1, -0.05) is 18.2 Å². The Labute approximate surface area is 120 Å². The number of methoxy groups -OCH3 is 1. The number of aromatic nitrogens is 2. The summed E-state index contributed by atoms with van der Waals surface area (Å²) in [6.07, 6.45) is 0. The number of benzene rings is 1. The highest BCUT2D eigenvalue weighted by Crippen LogP contribution is 2.13. The third-order valence-electron chi connectivity index (χ3n) is 3.03. The lowest BCUT2D eigenvalue weighted by molar-refractivity contribution is -0.129. The molecule has 21 heavy (non-hydrogen) atoms. The van der Waals surface area contributed by atoms with Crippen molar-refractivity contribution in [1.82, 2.24) is 14.7 Å². The number of carbonyl (C=O) groups excluding carboxylic acids is 2. The Morgan fingerprint density at radius 1 is 1.24 bits per heavy atom. The Bertz CT molecular complexity index is 764. The van der Waals surface area contributed by atoms with Crippen LogP contribution in [0.15, 0.2) is 29.1 Å². The highest BCUT2D eigenvalue weighted by Gasteiger charge is 2.18. The van der Waals surface area contributed by atoms with Crippen molar-refractivity contribution in [3.63, 3.8) is 0 Å². The molecule has 0 aliphatic rings. The third-order valence-corrected chi connectivity index (χ3v) is 3.03. The Kier molecular flexibility index (Phi) is 4.02. The van der Waals surface area contributed by atoms with Gasteiger partial charge in [0.05, 0.1) is 12.5 Å². The molecule has 0 bridgehead atoms. The van der Waals surface area contributed by atoms with Crippen LogP contribution in [0.4, 0.5) is 0 Å². The Morgan fingerprint density at radius 2 is 1.86 bits per heavy atom. The van der Waals surface area contributed by atoms with Gasteiger partial charge in [-0.15, -0.1) is 0 Å². The first kappa shape index (κ1) is 14.7. The average Bonchev–Trinajstić information content (AvgIpc) is 2.49. The van der Waals surface area contributed by atoms with Crippen molar-refractivity contribution in [2.45, 2.75) is 6.54 Å². The van der Waals surface area contributed by atoms with E-state index >= 15 is 0 Å². The Balaban J connectivity index is 2.67. The van der Waals surface area contributed by atoms with Crippen molar-refractivity contribution in [2.24, 2.45) is 0 Å². The SMILES string of the molecule is COC(=O)c1nn(CC(=O)N(C)C)c(=O)c2ccccc12. The molecule has 1 amide bonds. The van der Waals surface area contributed by atoms with Crippen molar-refractivity contribution < 1.29 is 14.3 Å². The van der Waals surface area contributed by atoms with E-state index in [0.717, 1.165) is 4.68 Å². The first-order valence-electron chi connectivity index (χ1n) is 6.24. The number of likely N-dealkylation sites (N-methyl/N-ethyl adjacent to an activating group) is 1. The van der Waals surface area contributed by atoms with E-state index in [1.807, 2.05) is 0 Å². The predicted octanol–water partition coefficient (Wildman–Crippen LogP) is 0.271. The van der Waals surface area contributed by atoms with Gasteiger partial charge in [0.15, 0.2) is 5.69 Å². The van der Waals surface area contributed by atoms with Crippen LogP contribution in [0, 0.1) is 0 Å². The van der Waals surface area contributed by atoms with Crippen molar-refractivity contribution in [3.8, 4) is 0 Å². The molecule has 110 valence electrons. The summed E-state index contributed by atoms with van der Waals surface area (Å²) in [5, 5.41) is 4.70. The molecule has 1 aromatic heterocycles. The summed E-state index contributed by atoms with van der Waals surface area (Å²) < 4.78 is 5.66. The molecule has 2 rings (SSSR count). The normalized spacial score (nSPS) is 10.4. The van der Waals surface area contributed by atoms with Crippen molar-refractivity contribution in [1.29, 1.82) is 0 Å². The van der Waals surface area contributed by atoms with Gasteiger partial charge in [-0.25, -0.2) is 9.48 Å². The average molecular weight is 289 g/mol. The highest BCUT2D eigenvalue weighted by atomic mass is 16.5. The van der Waals surface area contributed by atoms with E-state index < -0.39 is 11.5 Å². The van der Waals surface area contributed by atoms with Gasteiger partial charge in [0.2, 0.25) is 5.91 Å². The molecule has 0 saturated carbocycles. The summed E-state index contributed by atoms with van der Waals surface area (Å²) in [7, 11) is 4.39. The lowest BCUT2D eigenvalue weighted by Gasteiger charge is -2.12. The van der Waals surface area contributed by atoms with E-state index in [2.05, 4.69) is 9.84 Å². The Morgan fingerprint density at radius 3 is 2.43 bits per heavy atom. The van der Waals surface area contributed by atoms with E-state index in [9.17, 15) is 14.4 Å². The monoisotopic (exact) mass is 289 g/mol. The number of esters is 1. The van der Waals surface area contributed by atoms with Gasteiger partial charge in [0.1, 0.15) is 6.54 Å². The number of fused-ring (bicyclic) bond motifs is 1. The van der Waals surface area contributed by atoms with Crippen LogP contribution in [0.1, 0.15) is 10.5 Å². The topological polar surface area (TPSA) is 81.5 Å². The Hall–Kier alpha value is -2.70. The molecule has 0 atom stereocenters. The molecule has 0 radical (unpaired) electrons. The van der Waals surface area contributed by atoms with Gasteiger partial charge in [0.25, 0.3) is 5.56 Å². The fourth-order valence-electron chi connectivity index (χ4n) is 1.86. The molecule has 7 heteroatoms. The van der Waals surface area contributed by atoms with Crippen LogP contribution in [0.25, 0.3) is 10.8 Å². The zero-order valence-corrected chi connectivity index (χ0v) is 12.0. The number of hydrogen-bond acceptors (Lipinski definition) is 5. The van der Waals surface area contributed by atoms with E-state index in [4.69, 9.17) is 0 Å². The molecule has 1 heterocycles. The summed E-state index contributed by atoms with van der Waals surface area (Å²) >= 11 is 0. The van der Waals surface area contributed by atoms with Crippen LogP contribution < -0.4 is 5.56 Å². The summed E-state index contributed by atoms with van der Waals surface area (Å²) in [4.78, 5) is 37.3. The number of amides is 1. The number of carbonyl (C=O) groups is 2. The van der Waals surface area contributed by atoms with E-state index in [1.165, 1.54) is 12.0 Å². The second-order valence-electron chi connectivity index (χ2n) is 4.64. The van der Waals surface area contributed by atoms with Crippen LogP contribution in [0.5, 0.6) is 0 Å². The molecule has 0 N–H and O–H groups in total. The maximum Gasteiger partial charge on any atom is 0.359 e. The molecule has 0 aliphatic carbocycles. The predicted molar refractivity (Wildman–Crippen MR) is 76.0 cm³/mol. The maximum absolute atomic E-state index is 12.3. The van der Waals surface area contributed by atoms with E-state index in [-0.39, 0.29) is 18.1 Å². The van der Waals surface area contributed by atoms with Gasteiger partial charge in [0, 0.05) is 19.5 Å². The molecule has 2 aromatic rings. The minimum absolute atomic E-state index is 0.0132. The smallest absolute Gasteiger partial charge is 0.359 e. The second-order valence-corrected chi connectivity index (χ2v) is 4.64. The number of nitrogens with zero attached hydrogens (tertiary/aromatic N) is 3. The lowest BCUT2D eigenvalue weighted by atomic mass is 10.1. The van der Waals surface area contributed by atoms with Crippen LogP contribution >= 0.6 is 0 Å². The van der Waals surface area contributed by atoms with Crippen LogP contribution in [-0.2, 0) is 16.1 Å². The molecule has 0 spiro atoms. The molecule has 0 saturated heterocycles. The summed E-state index contributed by atoms with van der Waals surface area (Å²) in [6.45, 7) is -0.235. The summed E-state index contributed by atoms with van der Waals surface area (Å²) in [5.74, 6) is -0.951. The fraction of sp³-hybridized carbons (Fsp3) is 0.286. The molecular formula is C14H15N3O4. The molecule has 1 aromatic carbocycles. The maximum atomic E-state index is 12.3. The molecule has 0 unspecified atom stereocenters. The fourth-order valence-corrected chi connectivity index (χ4v) is 1.86. The number of ether oxygens (including phenoxy) is 1. The summed E-state index contributed by atoms with van der Waals surface area (Å²) in [5.41, 5.74) is -0.410. The lowest BCUT2D eigenvalue weighted by Crippen LogP contribution is -2.34. The minimum atomic E-state index is -0.655. The highest BCUT2D eigenvalue weighted by molar-refractivity contribution is 6.02. The van der Waals surface area contributed by atoms with Gasteiger partial charge in [-0.2, -0.15) is 5.10 Å². The summed E-state index contributed by atoms with van der Waals surface area (Å²) in [6, 6.07) is 6.59. The minimum Gasteiger partial charge on any atom is -0.464 e. The zero-order valence-electron chi connectivity index (χ0n) is 12.0. The molecule has 0 aliphatic heterocycles. The van der Waals surface area contributed by atoms with Crippen LogP contribution in [0.2, 0.25) is 0 Å². The van der Waals surface area contributed by atoms with Crippen LogP contribution in [-0.4, -0.2) is 47.8 Å². The van der Waals surface area contributed by atoms with Gasteiger partial charge in [-0.05, 0) is 6.07 Å². The van der Waals surface area contributed by atoms with Gasteiger partial charge in [-0.3, -0.25) is 9.59 Å². The number of hydrogen-bond donors (Lipinski definition) is 0. The first-order valence-corrected chi connectivity index (χ1v) is 6.24. The van der Waals surface area contributed by atoms with Gasteiger partial charge >= 0.3 is 5.97 Å². The van der Waals surface area contributed by atoms with E-state index in [1.54, 1.807) is 38.4 Å². The van der Waals surface area contributed by atoms with Crippen LogP contribution in [0.3, 0.4) is 0 Å². The van der Waals surface area contributed by atoms with Crippen molar-refractivity contribution >= 4 is 22.6 Å². The van der Waals surface area contributed by atoms with Crippen molar-refractivity contribution in [3.05, 3.63) is 40.3 Å².